The Hall–Kier alpha value is -4.50. The van der Waals surface area contributed by atoms with E-state index in [-0.39, 0.29) is 15.8 Å². The first-order chi connectivity index (χ1) is 16.5. The summed E-state index contributed by atoms with van der Waals surface area (Å²) in [4.78, 5) is 37.7. The molecular formula is C25H16N4O4S. The topological polar surface area (TPSA) is 98.3 Å². The molecule has 1 fully saturated rings. The summed E-state index contributed by atoms with van der Waals surface area (Å²) in [5.74, 6) is -0.414. The number of nitrogens with zero attached hydrogens (tertiary/aromatic N) is 4. The standard InChI is InChI=1S/C25H16N4O4S/c30-24-22(34-25(31)28(24)20-9-5-2-6-10-20)15-18-16-27(19-7-3-1-4-8-19)26-23(18)17-11-13-21(14-12-17)29(32)33/h1-16H/b22-15-. The SMILES string of the molecule is O=C1S/C(=C\c2cn(-c3ccccc3)nc2-c2ccc([N+](=O)[O-])cc2)C(=O)N1c1ccccc1. The van der Waals surface area contributed by atoms with E-state index in [1.54, 1.807) is 53.4 Å². The lowest BCUT2D eigenvalue weighted by molar-refractivity contribution is -0.384. The van der Waals surface area contributed by atoms with Crippen LogP contribution in [0.2, 0.25) is 0 Å². The van der Waals surface area contributed by atoms with Crippen LogP contribution >= 0.6 is 11.8 Å². The number of hydrogen-bond acceptors (Lipinski definition) is 6. The van der Waals surface area contributed by atoms with Crippen molar-refractivity contribution < 1.29 is 14.5 Å². The molecule has 0 saturated carbocycles. The van der Waals surface area contributed by atoms with Crippen LogP contribution in [0, 0.1) is 10.1 Å². The monoisotopic (exact) mass is 468 g/mol. The molecule has 0 bridgehead atoms. The van der Waals surface area contributed by atoms with E-state index >= 15 is 0 Å². The maximum Gasteiger partial charge on any atom is 0.298 e. The molecule has 0 unspecified atom stereocenters. The Morgan fingerprint density at radius 1 is 0.853 bits per heavy atom. The summed E-state index contributed by atoms with van der Waals surface area (Å²) in [7, 11) is 0. The van der Waals surface area contributed by atoms with Crippen LogP contribution in [0.3, 0.4) is 0 Å². The molecule has 9 heteroatoms. The largest absolute Gasteiger partial charge is 0.298 e. The molecule has 0 aliphatic carbocycles. The highest BCUT2D eigenvalue weighted by atomic mass is 32.2. The van der Waals surface area contributed by atoms with Crippen LogP contribution < -0.4 is 4.90 Å². The highest BCUT2D eigenvalue weighted by Gasteiger charge is 2.36. The van der Waals surface area contributed by atoms with Crippen molar-refractivity contribution in [3.05, 3.63) is 112 Å². The summed E-state index contributed by atoms with van der Waals surface area (Å²) in [6.45, 7) is 0. The van der Waals surface area contributed by atoms with Crippen LogP contribution in [0.15, 0.2) is 96.0 Å². The third-order valence-corrected chi connectivity index (χ3v) is 6.08. The first-order valence-electron chi connectivity index (χ1n) is 10.2. The zero-order valence-electron chi connectivity index (χ0n) is 17.6. The number of benzene rings is 3. The summed E-state index contributed by atoms with van der Waals surface area (Å²) < 4.78 is 1.67. The number of hydrogen-bond donors (Lipinski definition) is 0. The third-order valence-electron chi connectivity index (χ3n) is 5.21. The number of imide groups is 1. The van der Waals surface area contributed by atoms with Crippen LogP contribution in [0.1, 0.15) is 5.56 Å². The van der Waals surface area contributed by atoms with Crippen LogP contribution in [0.5, 0.6) is 0 Å². The predicted octanol–water partition coefficient (Wildman–Crippen LogP) is 5.69. The van der Waals surface area contributed by atoms with Gasteiger partial charge in [0.2, 0.25) is 0 Å². The van der Waals surface area contributed by atoms with Gasteiger partial charge in [0.05, 0.1) is 26.9 Å². The normalized spacial score (nSPS) is 14.7. The van der Waals surface area contributed by atoms with Crippen LogP contribution in [0.4, 0.5) is 16.2 Å². The van der Waals surface area contributed by atoms with Crippen molar-refractivity contribution in [3.8, 4) is 16.9 Å². The van der Waals surface area contributed by atoms with Gasteiger partial charge in [-0.05, 0) is 54.2 Å². The fourth-order valence-electron chi connectivity index (χ4n) is 3.58. The summed E-state index contributed by atoms with van der Waals surface area (Å²) >= 11 is 0.859. The Balaban J connectivity index is 1.58. The second-order valence-corrected chi connectivity index (χ2v) is 8.36. The van der Waals surface area contributed by atoms with Crippen molar-refractivity contribution in [2.45, 2.75) is 0 Å². The van der Waals surface area contributed by atoms with Gasteiger partial charge in [-0.25, -0.2) is 9.58 Å². The highest BCUT2D eigenvalue weighted by Crippen LogP contribution is 2.37. The Morgan fingerprint density at radius 3 is 2.09 bits per heavy atom. The second kappa shape index (κ2) is 8.80. The van der Waals surface area contributed by atoms with Crippen molar-refractivity contribution in [1.82, 2.24) is 9.78 Å². The molecule has 2 heterocycles. The second-order valence-electron chi connectivity index (χ2n) is 7.37. The zero-order valence-corrected chi connectivity index (χ0v) is 18.4. The Labute approximate surface area is 198 Å². The van der Waals surface area contributed by atoms with E-state index in [0.717, 1.165) is 22.3 Å². The van der Waals surface area contributed by atoms with Crippen molar-refractivity contribution in [1.29, 1.82) is 0 Å². The van der Waals surface area contributed by atoms with Gasteiger partial charge in [-0.2, -0.15) is 5.10 Å². The van der Waals surface area contributed by atoms with Gasteiger partial charge in [0, 0.05) is 29.5 Å². The number of carbonyl (C=O) groups excluding carboxylic acids is 2. The molecule has 34 heavy (non-hydrogen) atoms. The minimum absolute atomic E-state index is 0.0308. The van der Waals surface area contributed by atoms with Gasteiger partial charge in [-0.3, -0.25) is 19.7 Å². The molecule has 1 aliphatic rings. The average molecular weight is 468 g/mol. The molecule has 2 amide bonds. The van der Waals surface area contributed by atoms with Gasteiger partial charge >= 0.3 is 0 Å². The van der Waals surface area contributed by atoms with Crippen molar-refractivity contribution in [2.24, 2.45) is 0 Å². The van der Waals surface area contributed by atoms with Gasteiger partial charge in [0.25, 0.3) is 16.8 Å². The number of amides is 2. The lowest BCUT2D eigenvalue weighted by Gasteiger charge is -2.11. The molecule has 0 radical (unpaired) electrons. The van der Waals surface area contributed by atoms with Crippen LogP contribution in [-0.2, 0) is 4.79 Å². The number of non-ortho nitro benzene ring substituents is 1. The van der Waals surface area contributed by atoms with E-state index in [1.807, 2.05) is 36.4 Å². The number of nitro benzene ring substituents is 1. The van der Waals surface area contributed by atoms with Gasteiger partial charge in [-0.15, -0.1) is 0 Å². The third kappa shape index (κ3) is 4.00. The lowest BCUT2D eigenvalue weighted by atomic mass is 10.1. The fourth-order valence-corrected chi connectivity index (χ4v) is 4.41. The van der Waals surface area contributed by atoms with E-state index in [9.17, 15) is 19.7 Å². The predicted molar refractivity (Wildman–Crippen MR) is 131 cm³/mol. The summed E-state index contributed by atoms with van der Waals surface area (Å²) in [6, 6.07) is 24.2. The van der Waals surface area contributed by atoms with Crippen molar-refractivity contribution in [2.75, 3.05) is 4.90 Å². The summed E-state index contributed by atoms with van der Waals surface area (Å²) in [5.41, 5.74) is 3.07. The van der Waals surface area contributed by atoms with Crippen molar-refractivity contribution >= 4 is 40.4 Å². The van der Waals surface area contributed by atoms with E-state index < -0.39 is 10.8 Å². The molecular weight excluding hydrogens is 452 g/mol. The summed E-state index contributed by atoms with van der Waals surface area (Å²) in [6.07, 6.45) is 3.40. The molecule has 8 nitrogen and oxygen atoms in total. The lowest BCUT2D eigenvalue weighted by Crippen LogP contribution is -2.27. The minimum Gasteiger partial charge on any atom is -0.268 e. The van der Waals surface area contributed by atoms with E-state index in [2.05, 4.69) is 5.10 Å². The maximum atomic E-state index is 13.1. The van der Waals surface area contributed by atoms with Gasteiger partial charge in [0.15, 0.2) is 0 Å². The first kappa shape index (κ1) is 21.4. The number of rotatable bonds is 5. The zero-order chi connectivity index (χ0) is 23.7. The molecule has 3 aromatic carbocycles. The quantitative estimate of drug-likeness (QED) is 0.212. The molecule has 0 N–H and O–H groups in total. The van der Waals surface area contributed by atoms with Crippen LogP contribution in [-0.4, -0.2) is 25.9 Å². The first-order valence-corrected chi connectivity index (χ1v) is 11.1. The molecule has 4 aromatic rings. The number of para-hydroxylation sites is 2. The minimum atomic E-state index is -0.465. The molecule has 1 aromatic heterocycles. The van der Waals surface area contributed by atoms with E-state index in [1.165, 1.54) is 12.1 Å². The van der Waals surface area contributed by atoms with E-state index in [4.69, 9.17) is 0 Å². The molecule has 5 rings (SSSR count). The van der Waals surface area contributed by atoms with Crippen molar-refractivity contribution in [3.63, 3.8) is 0 Å². The Bertz CT molecular complexity index is 1430. The molecule has 166 valence electrons. The molecule has 0 atom stereocenters. The van der Waals surface area contributed by atoms with Crippen LogP contribution in [0.25, 0.3) is 23.0 Å². The van der Waals surface area contributed by atoms with Gasteiger partial charge in [0.1, 0.15) is 0 Å². The molecule has 1 aliphatic heterocycles. The molecule has 1 saturated heterocycles. The number of anilines is 1. The van der Waals surface area contributed by atoms with Gasteiger partial charge < -0.3 is 0 Å². The van der Waals surface area contributed by atoms with E-state index in [0.29, 0.717) is 22.5 Å². The Kier molecular flexibility index (Phi) is 5.52. The average Bonchev–Trinajstić information content (AvgIpc) is 3.40. The number of thioether (sulfide) groups is 1. The fraction of sp³-hybridized carbons (Fsp3) is 0. The number of carbonyl (C=O) groups is 2. The van der Waals surface area contributed by atoms with Gasteiger partial charge in [-0.1, -0.05) is 36.4 Å². The summed E-state index contributed by atoms with van der Waals surface area (Å²) in [5, 5.41) is 15.3. The number of aromatic nitrogens is 2. The smallest absolute Gasteiger partial charge is 0.268 e. The maximum absolute atomic E-state index is 13.1. The Morgan fingerprint density at radius 2 is 1.47 bits per heavy atom. The molecule has 0 spiro atoms. The highest BCUT2D eigenvalue weighted by molar-refractivity contribution is 8.19. The number of nitro groups is 1.